The highest BCUT2D eigenvalue weighted by Crippen LogP contribution is 2.37. The molecule has 2 unspecified atom stereocenters. The van der Waals surface area contributed by atoms with E-state index < -0.39 is 12.0 Å². The van der Waals surface area contributed by atoms with E-state index in [1.165, 1.54) is 0 Å². The second-order valence-corrected chi connectivity index (χ2v) is 6.37. The Hall–Kier alpha value is -1.10. The Morgan fingerprint density at radius 3 is 2.55 bits per heavy atom. The number of nitrogens with one attached hydrogen (secondary N) is 1. The first-order chi connectivity index (χ1) is 9.50. The maximum atomic E-state index is 13.0. The Labute approximate surface area is 120 Å². The van der Waals surface area contributed by atoms with Crippen molar-refractivity contribution >= 4 is 11.9 Å². The van der Waals surface area contributed by atoms with Crippen LogP contribution in [0.4, 0.5) is 0 Å². The predicted octanol–water partition coefficient (Wildman–Crippen LogP) is 1.48. The van der Waals surface area contributed by atoms with Gasteiger partial charge >= 0.3 is 5.97 Å². The van der Waals surface area contributed by atoms with Gasteiger partial charge in [-0.1, -0.05) is 13.8 Å². The van der Waals surface area contributed by atoms with Crippen molar-refractivity contribution in [1.29, 1.82) is 0 Å². The van der Waals surface area contributed by atoms with E-state index in [-0.39, 0.29) is 11.3 Å². The molecule has 5 heteroatoms. The summed E-state index contributed by atoms with van der Waals surface area (Å²) < 4.78 is 0. The zero-order valence-electron chi connectivity index (χ0n) is 12.5. The number of amides is 1. The van der Waals surface area contributed by atoms with Crippen LogP contribution >= 0.6 is 0 Å². The second kappa shape index (κ2) is 6.12. The Bertz CT molecular complexity index is 377. The molecule has 0 aromatic rings. The number of carbonyl (C=O) groups is 2. The average Bonchev–Trinajstić information content (AvgIpc) is 2.47. The summed E-state index contributed by atoms with van der Waals surface area (Å²) in [7, 11) is 0. The molecule has 2 N–H and O–H groups in total. The van der Waals surface area contributed by atoms with E-state index in [2.05, 4.69) is 12.2 Å². The number of aliphatic carboxylic acids is 1. The van der Waals surface area contributed by atoms with Gasteiger partial charge in [-0.3, -0.25) is 4.79 Å². The molecule has 2 fully saturated rings. The number of hydrogen-bond donors (Lipinski definition) is 2. The van der Waals surface area contributed by atoms with Gasteiger partial charge in [0.2, 0.25) is 5.91 Å². The molecule has 2 aliphatic rings. The molecule has 20 heavy (non-hydrogen) atoms. The third kappa shape index (κ3) is 2.82. The molecular formula is C15H26N2O3. The fraction of sp³-hybridized carbons (Fsp3) is 0.867. The Kier molecular flexibility index (Phi) is 4.68. The fourth-order valence-corrected chi connectivity index (χ4v) is 3.55. The number of hydrogen-bond acceptors (Lipinski definition) is 3. The van der Waals surface area contributed by atoms with E-state index in [1.54, 1.807) is 4.90 Å². The van der Waals surface area contributed by atoms with E-state index in [9.17, 15) is 14.7 Å². The Balaban J connectivity index is 2.18. The molecule has 2 rings (SSSR count). The third-order valence-corrected chi connectivity index (χ3v) is 5.10. The van der Waals surface area contributed by atoms with E-state index in [0.29, 0.717) is 18.9 Å². The standard InChI is InChI=1S/C15H26N2O3/c1-3-15(5-7-16-8-6-15)14(20)17-9-4-11(2)10-12(17)13(18)19/h11-12,16H,3-10H2,1-2H3,(H,18,19). The molecule has 2 aliphatic heterocycles. The Morgan fingerprint density at radius 1 is 1.35 bits per heavy atom. The third-order valence-electron chi connectivity index (χ3n) is 5.10. The Morgan fingerprint density at radius 2 is 2.00 bits per heavy atom. The lowest BCUT2D eigenvalue weighted by Gasteiger charge is -2.44. The first kappa shape index (κ1) is 15.3. The summed E-state index contributed by atoms with van der Waals surface area (Å²) in [5.41, 5.74) is -0.348. The minimum absolute atomic E-state index is 0.0702. The number of carboxylic acid groups (broad SMARTS) is 1. The number of carboxylic acids is 1. The van der Waals surface area contributed by atoms with Crippen LogP contribution in [0.3, 0.4) is 0 Å². The van der Waals surface area contributed by atoms with Crippen LogP contribution in [0.2, 0.25) is 0 Å². The molecule has 2 atom stereocenters. The summed E-state index contributed by atoms with van der Waals surface area (Å²) in [6.07, 6.45) is 3.93. The van der Waals surface area contributed by atoms with Crippen molar-refractivity contribution in [2.45, 2.75) is 52.0 Å². The van der Waals surface area contributed by atoms with E-state index >= 15 is 0 Å². The molecule has 2 saturated heterocycles. The molecular weight excluding hydrogens is 256 g/mol. The molecule has 0 saturated carbocycles. The van der Waals surface area contributed by atoms with E-state index in [0.717, 1.165) is 38.8 Å². The SMILES string of the molecule is CCC1(C(=O)N2CCC(C)CC2C(=O)O)CCNCC1. The lowest BCUT2D eigenvalue weighted by molar-refractivity contribution is -0.159. The van der Waals surface area contributed by atoms with E-state index in [4.69, 9.17) is 0 Å². The summed E-state index contributed by atoms with van der Waals surface area (Å²) >= 11 is 0. The predicted molar refractivity (Wildman–Crippen MR) is 76.4 cm³/mol. The molecule has 0 aromatic carbocycles. The molecule has 114 valence electrons. The minimum Gasteiger partial charge on any atom is -0.480 e. The molecule has 0 aromatic heterocycles. The molecule has 0 aliphatic carbocycles. The normalized spacial score (nSPS) is 30.0. The van der Waals surface area contributed by atoms with Crippen molar-refractivity contribution in [3.8, 4) is 0 Å². The van der Waals surface area contributed by atoms with Gasteiger partial charge < -0.3 is 15.3 Å². The van der Waals surface area contributed by atoms with Crippen molar-refractivity contribution in [2.24, 2.45) is 11.3 Å². The van der Waals surface area contributed by atoms with Crippen LogP contribution in [-0.2, 0) is 9.59 Å². The molecule has 0 bridgehead atoms. The minimum atomic E-state index is -0.856. The second-order valence-electron chi connectivity index (χ2n) is 6.37. The van der Waals surface area contributed by atoms with Crippen LogP contribution in [0, 0.1) is 11.3 Å². The fourth-order valence-electron chi connectivity index (χ4n) is 3.55. The summed E-state index contributed by atoms with van der Waals surface area (Å²) in [4.78, 5) is 26.1. The number of piperidine rings is 2. The van der Waals surface area contributed by atoms with Crippen LogP contribution in [0.25, 0.3) is 0 Å². The van der Waals surface area contributed by atoms with Gasteiger partial charge in [-0.2, -0.15) is 0 Å². The van der Waals surface area contributed by atoms with Gasteiger partial charge in [-0.25, -0.2) is 4.79 Å². The molecule has 0 radical (unpaired) electrons. The largest absolute Gasteiger partial charge is 0.480 e. The van der Waals surface area contributed by atoms with Gasteiger partial charge in [0.25, 0.3) is 0 Å². The van der Waals surface area contributed by atoms with Crippen LogP contribution in [0.5, 0.6) is 0 Å². The lowest BCUT2D eigenvalue weighted by atomic mass is 9.74. The van der Waals surface area contributed by atoms with Crippen molar-refractivity contribution in [3.05, 3.63) is 0 Å². The van der Waals surface area contributed by atoms with Crippen LogP contribution in [-0.4, -0.2) is 47.6 Å². The highest BCUT2D eigenvalue weighted by molar-refractivity contribution is 5.88. The first-order valence-electron chi connectivity index (χ1n) is 7.75. The monoisotopic (exact) mass is 282 g/mol. The van der Waals surface area contributed by atoms with Crippen molar-refractivity contribution in [1.82, 2.24) is 10.2 Å². The zero-order valence-corrected chi connectivity index (χ0v) is 12.5. The molecule has 2 heterocycles. The average molecular weight is 282 g/mol. The van der Waals surface area contributed by atoms with Crippen molar-refractivity contribution < 1.29 is 14.7 Å². The quantitative estimate of drug-likeness (QED) is 0.822. The number of carbonyl (C=O) groups excluding carboxylic acids is 1. The summed E-state index contributed by atoms with van der Waals surface area (Å²) in [6, 6.07) is -0.635. The number of nitrogens with zero attached hydrogens (tertiary/aromatic N) is 1. The summed E-state index contributed by atoms with van der Waals surface area (Å²) in [5, 5.41) is 12.7. The maximum absolute atomic E-state index is 13.0. The highest BCUT2D eigenvalue weighted by atomic mass is 16.4. The maximum Gasteiger partial charge on any atom is 0.326 e. The summed E-state index contributed by atoms with van der Waals surface area (Å²) in [5.74, 6) is -0.406. The number of likely N-dealkylation sites (tertiary alicyclic amines) is 1. The van der Waals surface area contributed by atoms with Crippen LogP contribution < -0.4 is 5.32 Å². The molecule has 1 amide bonds. The van der Waals surface area contributed by atoms with Gasteiger partial charge in [0.15, 0.2) is 0 Å². The van der Waals surface area contributed by atoms with Crippen LogP contribution in [0.15, 0.2) is 0 Å². The first-order valence-corrected chi connectivity index (χ1v) is 7.75. The van der Waals surface area contributed by atoms with Gasteiger partial charge in [-0.15, -0.1) is 0 Å². The van der Waals surface area contributed by atoms with Gasteiger partial charge in [-0.05, 0) is 51.1 Å². The number of rotatable bonds is 3. The lowest BCUT2D eigenvalue weighted by Crippen LogP contribution is -2.56. The van der Waals surface area contributed by atoms with Crippen molar-refractivity contribution in [3.63, 3.8) is 0 Å². The van der Waals surface area contributed by atoms with Crippen LogP contribution in [0.1, 0.15) is 46.0 Å². The van der Waals surface area contributed by atoms with Crippen molar-refractivity contribution in [2.75, 3.05) is 19.6 Å². The zero-order chi connectivity index (χ0) is 14.8. The van der Waals surface area contributed by atoms with E-state index in [1.807, 2.05) is 6.92 Å². The molecule has 0 spiro atoms. The van der Waals surface area contributed by atoms with Gasteiger partial charge in [0.05, 0.1) is 5.41 Å². The molecule has 5 nitrogen and oxygen atoms in total. The highest BCUT2D eigenvalue weighted by Gasteiger charge is 2.45. The van der Waals surface area contributed by atoms with Gasteiger partial charge in [0, 0.05) is 6.54 Å². The smallest absolute Gasteiger partial charge is 0.326 e. The summed E-state index contributed by atoms with van der Waals surface area (Å²) in [6.45, 7) is 6.40. The van der Waals surface area contributed by atoms with Gasteiger partial charge in [0.1, 0.15) is 6.04 Å². The topological polar surface area (TPSA) is 69.6 Å².